The Labute approximate surface area is 122 Å². The van der Waals surface area contributed by atoms with E-state index >= 15 is 0 Å². The van der Waals surface area contributed by atoms with Crippen molar-refractivity contribution in [3.63, 3.8) is 0 Å². The Morgan fingerprint density at radius 1 is 1.40 bits per heavy atom. The van der Waals surface area contributed by atoms with Crippen molar-refractivity contribution < 1.29 is 9.90 Å². The molecule has 0 saturated heterocycles. The number of thioether (sulfide) groups is 1. The number of aromatic carboxylic acids is 1. The van der Waals surface area contributed by atoms with E-state index in [0.29, 0.717) is 10.6 Å². The molecule has 1 N–H and O–H groups in total. The topological polar surface area (TPSA) is 68.0 Å². The number of hydrogen-bond donors (Lipinski definition) is 1. The van der Waals surface area contributed by atoms with Gasteiger partial charge in [-0.15, -0.1) is 11.8 Å². The highest BCUT2D eigenvalue weighted by atomic mass is 32.2. The molecule has 2 rings (SSSR count). The van der Waals surface area contributed by atoms with Crippen LogP contribution in [-0.2, 0) is 6.54 Å². The van der Waals surface area contributed by atoms with Crippen LogP contribution < -0.4 is 0 Å². The van der Waals surface area contributed by atoms with Gasteiger partial charge >= 0.3 is 5.97 Å². The van der Waals surface area contributed by atoms with Crippen LogP contribution in [0.5, 0.6) is 0 Å². The van der Waals surface area contributed by atoms with Gasteiger partial charge < -0.3 is 9.67 Å². The highest BCUT2D eigenvalue weighted by Crippen LogP contribution is 2.24. The summed E-state index contributed by atoms with van der Waals surface area (Å²) < 4.78 is 2.04. The second-order valence-corrected chi connectivity index (χ2v) is 5.67. The van der Waals surface area contributed by atoms with Gasteiger partial charge in [0.05, 0.1) is 5.56 Å². The molecule has 0 aliphatic rings. The van der Waals surface area contributed by atoms with E-state index in [1.165, 1.54) is 11.8 Å². The van der Waals surface area contributed by atoms with Crippen LogP contribution >= 0.6 is 11.8 Å². The summed E-state index contributed by atoms with van der Waals surface area (Å²) >= 11 is 1.47. The molecule has 2 heterocycles. The summed E-state index contributed by atoms with van der Waals surface area (Å²) in [7, 11) is 0. The second kappa shape index (κ2) is 6.09. The van der Waals surface area contributed by atoms with Crippen LogP contribution in [-0.4, -0.2) is 31.4 Å². The fourth-order valence-electron chi connectivity index (χ4n) is 2.05. The van der Waals surface area contributed by atoms with E-state index in [2.05, 4.69) is 9.97 Å². The van der Waals surface area contributed by atoms with Gasteiger partial charge in [-0.3, -0.25) is 0 Å². The molecule has 2 aromatic heterocycles. The first-order valence-corrected chi connectivity index (χ1v) is 7.29. The first-order chi connectivity index (χ1) is 9.49. The minimum absolute atomic E-state index is 0.308. The van der Waals surface area contributed by atoms with Crippen LogP contribution in [0.2, 0.25) is 0 Å². The van der Waals surface area contributed by atoms with Crippen molar-refractivity contribution in [3.05, 3.63) is 41.1 Å². The summed E-state index contributed by atoms with van der Waals surface area (Å²) in [5, 5.41) is 9.89. The number of rotatable bonds is 5. The number of carboxylic acid groups (broad SMARTS) is 1. The van der Waals surface area contributed by atoms with Gasteiger partial charge in [-0.05, 0) is 32.4 Å². The molecule has 0 aliphatic heterocycles. The summed E-state index contributed by atoms with van der Waals surface area (Å²) in [4.78, 5) is 19.8. The van der Waals surface area contributed by atoms with E-state index in [4.69, 9.17) is 0 Å². The van der Waals surface area contributed by atoms with Gasteiger partial charge in [0, 0.05) is 30.4 Å². The fourth-order valence-corrected chi connectivity index (χ4v) is 3.13. The van der Waals surface area contributed by atoms with E-state index in [9.17, 15) is 9.90 Å². The smallest absolute Gasteiger partial charge is 0.338 e. The van der Waals surface area contributed by atoms with Gasteiger partial charge in [-0.25, -0.2) is 14.8 Å². The van der Waals surface area contributed by atoms with E-state index in [-0.39, 0.29) is 0 Å². The lowest BCUT2D eigenvalue weighted by Gasteiger charge is -2.10. The molecule has 5 nitrogen and oxygen atoms in total. The lowest BCUT2D eigenvalue weighted by Crippen LogP contribution is -2.07. The van der Waals surface area contributed by atoms with Crippen LogP contribution in [0.15, 0.2) is 23.5 Å². The van der Waals surface area contributed by atoms with Crippen LogP contribution in [0.4, 0.5) is 0 Å². The third-order valence-electron chi connectivity index (χ3n) is 3.02. The summed E-state index contributed by atoms with van der Waals surface area (Å²) in [6, 6.07) is 1.80. The number of nitrogens with zero attached hydrogens (tertiary/aromatic N) is 3. The van der Waals surface area contributed by atoms with E-state index in [0.717, 1.165) is 29.4 Å². The predicted octanol–water partition coefficient (Wildman–Crippen LogP) is 2.69. The number of aryl methyl sites for hydroxylation is 4. The Balaban J connectivity index is 2.13. The number of aromatic nitrogens is 3. The van der Waals surface area contributed by atoms with Gasteiger partial charge in [0.1, 0.15) is 10.9 Å². The van der Waals surface area contributed by atoms with Crippen LogP contribution in [0.3, 0.4) is 0 Å². The predicted molar refractivity (Wildman–Crippen MR) is 78.4 cm³/mol. The molecular formula is C14H17N3O2S. The molecule has 0 fully saturated rings. The van der Waals surface area contributed by atoms with Crippen molar-refractivity contribution in [3.8, 4) is 0 Å². The van der Waals surface area contributed by atoms with E-state index in [1.807, 2.05) is 31.5 Å². The minimum atomic E-state index is -0.920. The quantitative estimate of drug-likeness (QED) is 0.858. The molecule has 0 spiro atoms. The lowest BCUT2D eigenvalue weighted by atomic mass is 10.1. The lowest BCUT2D eigenvalue weighted by molar-refractivity contribution is 0.0691. The largest absolute Gasteiger partial charge is 0.478 e. The van der Waals surface area contributed by atoms with Crippen LogP contribution in [0.1, 0.15) is 27.4 Å². The van der Waals surface area contributed by atoms with Gasteiger partial charge in [-0.1, -0.05) is 0 Å². The zero-order chi connectivity index (χ0) is 14.7. The van der Waals surface area contributed by atoms with E-state index in [1.54, 1.807) is 12.3 Å². The molecular weight excluding hydrogens is 274 g/mol. The first-order valence-electron chi connectivity index (χ1n) is 6.31. The Morgan fingerprint density at radius 3 is 2.75 bits per heavy atom. The average molecular weight is 291 g/mol. The van der Waals surface area contributed by atoms with Gasteiger partial charge in [0.15, 0.2) is 0 Å². The number of carboxylic acids is 1. The third kappa shape index (κ3) is 3.19. The molecule has 0 aromatic carbocycles. The third-order valence-corrected chi connectivity index (χ3v) is 3.98. The van der Waals surface area contributed by atoms with Gasteiger partial charge in [-0.2, -0.15) is 0 Å². The standard InChI is InChI=1S/C14H17N3O2S/c1-9-8-10(2)16-13(12(9)14(18)19)20-7-6-17-5-4-15-11(17)3/h4-5,8H,6-7H2,1-3H3,(H,18,19). The average Bonchev–Trinajstić information content (AvgIpc) is 2.73. The number of carbonyl (C=O) groups is 1. The summed E-state index contributed by atoms with van der Waals surface area (Å²) in [6.45, 7) is 6.41. The summed E-state index contributed by atoms with van der Waals surface area (Å²) in [6.07, 6.45) is 3.68. The Kier molecular flexibility index (Phi) is 4.44. The molecule has 0 amide bonds. The van der Waals surface area contributed by atoms with Crippen LogP contribution in [0, 0.1) is 20.8 Å². The molecule has 2 aromatic rings. The highest BCUT2D eigenvalue weighted by molar-refractivity contribution is 7.99. The molecule has 106 valence electrons. The molecule has 20 heavy (non-hydrogen) atoms. The Bertz CT molecular complexity index is 637. The number of pyridine rings is 1. The summed E-state index contributed by atoms with van der Waals surface area (Å²) in [5.41, 5.74) is 1.91. The second-order valence-electron chi connectivity index (χ2n) is 4.58. The number of hydrogen-bond acceptors (Lipinski definition) is 4. The van der Waals surface area contributed by atoms with Crippen molar-refractivity contribution >= 4 is 17.7 Å². The highest BCUT2D eigenvalue weighted by Gasteiger charge is 2.16. The molecule has 0 unspecified atom stereocenters. The zero-order valence-electron chi connectivity index (χ0n) is 11.8. The molecule has 0 aliphatic carbocycles. The molecule has 0 saturated carbocycles. The van der Waals surface area contributed by atoms with Gasteiger partial charge in [0.2, 0.25) is 0 Å². The maximum atomic E-state index is 11.3. The molecule has 0 radical (unpaired) electrons. The van der Waals surface area contributed by atoms with Crippen molar-refractivity contribution in [1.29, 1.82) is 0 Å². The maximum absolute atomic E-state index is 11.3. The normalized spacial score (nSPS) is 10.8. The summed E-state index contributed by atoms with van der Waals surface area (Å²) in [5.74, 6) is 0.793. The van der Waals surface area contributed by atoms with Crippen molar-refractivity contribution in [2.24, 2.45) is 0 Å². The Morgan fingerprint density at radius 2 is 2.15 bits per heavy atom. The monoisotopic (exact) mass is 291 g/mol. The van der Waals surface area contributed by atoms with E-state index < -0.39 is 5.97 Å². The molecule has 0 bridgehead atoms. The van der Waals surface area contributed by atoms with Crippen molar-refractivity contribution in [1.82, 2.24) is 14.5 Å². The zero-order valence-corrected chi connectivity index (χ0v) is 12.6. The van der Waals surface area contributed by atoms with Gasteiger partial charge in [0.25, 0.3) is 0 Å². The van der Waals surface area contributed by atoms with Crippen LogP contribution in [0.25, 0.3) is 0 Å². The first kappa shape index (κ1) is 14.6. The minimum Gasteiger partial charge on any atom is -0.478 e. The van der Waals surface area contributed by atoms with Crippen molar-refractivity contribution in [2.75, 3.05) is 5.75 Å². The molecule has 0 atom stereocenters. The fraction of sp³-hybridized carbons (Fsp3) is 0.357. The molecule has 6 heteroatoms. The Hall–Kier alpha value is -1.82. The SMILES string of the molecule is Cc1cc(C)c(C(=O)O)c(SCCn2ccnc2C)n1. The maximum Gasteiger partial charge on any atom is 0.338 e. The number of imidazole rings is 1. The van der Waals surface area contributed by atoms with Crippen molar-refractivity contribution in [2.45, 2.75) is 32.3 Å².